The van der Waals surface area contributed by atoms with Gasteiger partial charge in [-0.2, -0.15) is 0 Å². The van der Waals surface area contributed by atoms with Crippen LogP contribution in [0.4, 0.5) is 0 Å². The third kappa shape index (κ3) is 8.30. The summed E-state index contributed by atoms with van der Waals surface area (Å²) in [5, 5.41) is 14.7. The Morgan fingerprint density at radius 2 is 1.93 bits per heavy atom. The summed E-state index contributed by atoms with van der Waals surface area (Å²) in [5.41, 5.74) is 2.75. The molecule has 1 aromatic heterocycles. The Hall–Kier alpha value is -1.68. The van der Waals surface area contributed by atoms with E-state index in [-0.39, 0.29) is 24.0 Å². The molecule has 2 aromatic rings. The Labute approximate surface area is 191 Å². The van der Waals surface area contributed by atoms with Gasteiger partial charge < -0.3 is 15.2 Å². The first kappa shape index (κ1) is 23.6. The number of guanidine groups is 1. The van der Waals surface area contributed by atoms with Crippen LogP contribution in [-0.4, -0.2) is 58.3 Å². The number of aryl methyl sites for hydroxylation is 2. The highest BCUT2D eigenvalue weighted by Crippen LogP contribution is 2.14. The average molecular weight is 511 g/mol. The summed E-state index contributed by atoms with van der Waals surface area (Å²) in [5.74, 6) is 0.918. The molecule has 0 aliphatic carbocycles. The fourth-order valence-electron chi connectivity index (χ4n) is 3.66. The van der Waals surface area contributed by atoms with Crippen LogP contribution in [0, 0.1) is 6.92 Å². The SMILES string of the molecule is CN=C(NCCCCn1cnnc1)NC1CCN(Cc2cccc(C)c2)CC1.I. The van der Waals surface area contributed by atoms with E-state index in [4.69, 9.17) is 0 Å². The van der Waals surface area contributed by atoms with Crippen molar-refractivity contribution >= 4 is 29.9 Å². The molecule has 0 spiro atoms. The van der Waals surface area contributed by atoms with Crippen LogP contribution in [0.25, 0.3) is 0 Å². The number of rotatable bonds is 8. The molecule has 0 amide bonds. The molecule has 0 unspecified atom stereocenters. The van der Waals surface area contributed by atoms with Gasteiger partial charge in [0.25, 0.3) is 0 Å². The van der Waals surface area contributed by atoms with Crippen LogP contribution in [-0.2, 0) is 13.1 Å². The highest BCUT2D eigenvalue weighted by Gasteiger charge is 2.20. The number of benzene rings is 1. The Balaban J connectivity index is 0.00000300. The average Bonchev–Trinajstić information content (AvgIpc) is 3.22. The molecular weight excluding hydrogens is 477 g/mol. The molecule has 29 heavy (non-hydrogen) atoms. The molecule has 2 heterocycles. The van der Waals surface area contributed by atoms with Crippen LogP contribution in [0.3, 0.4) is 0 Å². The number of likely N-dealkylation sites (tertiary alicyclic amines) is 1. The second-order valence-corrected chi connectivity index (χ2v) is 7.59. The zero-order valence-electron chi connectivity index (χ0n) is 17.5. The van der Waals surface area contributed by atoms with E-state index in [1.807, 2.05) is 11.6 Å². The number of aliphatic imine (C=N–C) groups is 1. The lowest BCUT2D eigenvalue weighted by Crippen LogP contribution is -2.48. The molecule has 1 aliphatic heterocycles. The molecule has 3 rings (SSSR count). The van der Waals surface area contributed by atoms with Gasteiger partial charge in [-0.15, -0.1) is 34.2 Å². The van der Waals surface area contributed by atoms with Gasteiger partial charge in [0.15, 0.2) is 5.96 Å². The molecule has 0 atom stereocenters. The summed E-state index contributed by atoms with van der Waals surface area (Å²) < 4.78 is 2.01. The number of nitrogens with zero attached hydrogens (tertiary/aromatic N) is 5. The van der Waals surface area contributed by atoms with Gasteiger partial charge in [0.2, 0.25) is 0 Å². The van der Waals surface area contributed by atoms with E-state index < -0.39 is 0 Å². The van der Waals surface area contributed by atoms with E-state index in [2.05, 4.69) is 61.9 Å². The lowest BCUT2D eigenvalue weighted by molar-refractivity contribution is 0.198. The number of halogens is 1. The largest absolute Gasteiger partial charge is 0.356 e. The Morgan fingerprint density at radius 3 is 2.62 bits per heavy atom. The number of unbranched alkanes of at least 4 members (excludes halogenated alkanes) is 1. The molecule has 1 aliphatic rings. The van der Waals surface area contributed by atoms with Crippen LogP contribution >= 0.6 is 24.0 Å². The lowest BCUT2D eigenvalue weighted by Gasteiger charge is -2.33. The Morgan fingerprint density at radius 1 is 1.17 bits per heavy atom. The second kappa shape index (κ2) is 12.8. The standard InChI is InChI=1S/C21H33N7.HI/c1-18-6-5-7-19(14-18)15-27-12-8-20(9-13-27)26-21(22-2)23-10-3-4-11-28-16-24-25-17-28;/h5-7,14,16-17,20H,3-4,8-13,15H2,1-2H3,(H2,22,23,26);1H. The molecule has 8 heteroatoms. The topological polar surface area (TPSA) is 70.4 Å². The zero-order valence-corrected chi connectivity index (χ0v) is 19.9. The molecule has 1 saturated heterocycles. The van der Waals surface area contributed by atoms with Crippen LogP contribution in [0.2, 0.25) is 0 Å². The van der Waals surface area contributed by atoms with E-state index in [1.54, 1.807) is 12.7 Å². The summed E-state index contributed by atoms with van der Waals surface area (Å²) in [4.78, 5) is 6.93. The van der Waals surface area contributed by atoms with Crippen LogP contribution < -0.4 is 10.6 Å². The summed E-state index contributed by atoms with van der Waals surface area (Å²) in [6.07, 6.45) is 8.02. The number of aromatic nitrogens is 3. The summed E-state index contributed by atoms with van der Waals surface area (Å²) in [6.45, 7) is 7.35. The molecular formula is C21H34IN7. The fourth-order valence-corrected chi connectivity index (χ4v) is 3.66. The minimum absolute atomic E-state index is 0. The van der Waals surface area contributed by atoms with E-state index in [0.29, 0.717) is 6.04 Å². The molecule has 1 fully saturated rings. The van der Waals surface area contributed by atoms with Crippen LogP contribution in [0.15, 0.2) is 41.9 Å². The quantitative estimate of drug-likeness (QED) is 0.247. The predicted molar refractivity (Wildman–Crippen MR) is 129 cm³/mol. The first-order valence-corrected chi connectivity index (χ1v) is 10.3. The van der Waals surface area contributed by atoms with Gasteiger partial charge in [0.05, 0.1) is 0 Å². The molecule has 0 saturated carbocycles. The molecule has 7 nitrogen and oxygen atoms in total. The van der Waals surface area contributed by atoms with Gasteiger partial charge in [0.1, 0.15) is 12.7 Å². The number of hydrogen-bond acceptors (Lipinski definition) is 4. The Kier molecular flexibility index (Phi) is 10.4. The van der Waals surface area contributed by atoms with Crippen LogP contribution in [0.1, 0.15) is 36.8 Å². The van der Waals surface area contributed by atoms with Gasteiger partial charge >= 0.3 is 0 Å². The number of piperidine rings is 1. The third-order valence-electron chi connectivity index (χ3n) is 5.24. The van der Waals surface area contributed by atoms with Crippen molar-refractivity contribution in [2.24, 2.45) is 4.99 Å². The van der Waals surface area contributed by atoms with Crippen molar-refractivity contribution in [3.05, 3.63) is 48.0 Å². The molecule has 0 radical (unpaired) electrons. The molecule has 160 valence electrons. The van der Waals surface area contributed by atoms with Gasteiger partial charge in [-0.1, -0.05) is 29.8 Å². The zero-order chi connectivity index (χ0) is 19.6. The highest BCUT2D eigenvalue weighted by molar-refractivity contribution is 14.0. The van der Waals surface area contributed by atoms with Crippen molar-refractivity contribution in [2.75, 3.05) is 26.7 Å². The van der Waals surface area contributed by atoms with Crippen molar-refractivity contribution in [1.29, 1.82) is 0 Å². The van der Waals surface area contributed by atoms with Crippen molar-refractivity contribution in [3.63, 3.8) is 0 Å². The van der Waals surface area contributed by atoms with E-state index in [9.17, 15) is 0 Å². The molecule has 0 bridgehead atoms. The summed E-state index contributed by atoms with van der Waals surface area (Å²) >= 11 is 0. The molecule has 2 N–H and O–H groups in total. The fraction of sp³-hybridized carbons (Fsp3) is 0.571. The lowest BCUT2D eigenvalue weighted by atomic mass is 10.0. The van der Waals surface area contributed by atoms with Gasteiger partial charge in [-0.25, -0.2) is 0 Å². The van der Waals surface area contributed by atoms with Crippen molar-refractivity contribution < 1.29 is 0 Å². The maximum absolute atomic E-state index is 4.38. The molecule has 1 aromatic carbocycles. The third-order valence-corrected chi connectivity index (χ3v) is 5.24. The predicted octanol–water partition coefficient (Wildman–Crippen LogP) is 2.81. The van der Waals surface area contributed by atoms with E-state index in [1.165, 1.54) is 11.1 Å². The summed E-state index contributed by atoms with van der Waals surface area (Å²) in [7, 11) is 1.85. The normalized spacial score (nSPS) is 15.7. The van der Waals surface area contributed by atoms with Crippen LogP contribution in [0.5, 0.6) is 0 Å². The minimum atomic E-state index is 0. The monoisotopic (exact) mass is 511 g/mol. The van der Waals surface area contributed by atoms with Crippen molar-refractivity contribution in [1.82, 2.24) is 30.3 Å². The van der Waals surface area contributed by atoms with Gasteiger partial charge in [0, 0.05) is 45.8 Å². The van der Waals surface area contributed by atoms with Gasteiger partial charge in [-0.3, -0.25) is 9.89 Å². The van der Waals surface area contributed by atoms with Gasteiger partial charge in [-0.05, 0) is 38.2 Å². The first-order valence-electron chi connectivity index (χ1n) is 10.3. The minimum Gasteiger partial charge on any atom is -0.356 e. The smallest absolute Gasteiger partial charge is 0.191 e. The number of nitrogens with one attached hydrogen (secondary N) is 2. The Bertz CT molecular complexity index is 724. The van der Waals surface area contributed by atoms with E-state index in [0.717, 1.165) is 64.4 Å². The number of hydrogen-bond donors (Lipinski definition) is 2. The maximum atomic E-state index is 4.38. The highest BCUT2D eigenvalue weighted by atomic mass is 127. The second-order valence-electron chi connectivity index (χ2n) is 7.59. The van der Waals surface area contributed by atoms with Crippen molar-refractivity contribution in [2.45, 2.75) is 51.7 Å². The van der Waals surface area contributed by atoms with E-state index >= 15 is 0 Å². The first-order chi connectivity index (χ1) is 13.7. The van der Waals surface area contributed by atoms with Crippen molar-refractivity contribution in [3.8, 4) is 0 Å². The maximum Gasteiger partial charge on any atom is 0.191 e. The summed E-state index contributed by atoms with van der Waals surface area (Å²) in [6, 6.07) is 9.33.